The van der Waals surface area contributed by atoms with Crippen molar-refractivity contribution in [1.29, 1.82) is 0 Å². The molecule has 1 aliphatic rings. The summed E-state index contributed by atoms with van der Waals surface area (Å²) in [5.74, 6) is -2.11. The lowest BCUT2D eigenvalue weighted by molar-refractivity contribution is -0.136. The fourth-order valence-corrected chi connectivity index (χ4v) is 3.69. The molecular weight excluding hydrogens is 384 g/mol. The normalized spacial score (nSPS) is 13.7. The van der Waals surface area contributed by atoms with Gasteiger partial charge in [0.1, 0.15) is 0 Å². The van der Waals surface area contributed by atoms with E-state index in [1.54, 1.807) is 24.3 Å². The first-order chi connectivity index (χ1) is 13.2. The van der Waals surface area contributed by atoms with E-state index in [9.17, 15) is 22.8 Å². The lowest BCUT2D eigenvalue weighted by Crippen LogP contribution is -2.25. The summed E-state index contributed by atoms with van der Waals surface area (Å²) in [5, 5.41) is 16.8. The number of allylic oxidation sites excluding steroid dienone is 2. The van der Waals surface area contributed by atoms with Crippen LogP contribution in [0.3, 0.4) is 0 Å². The van der Waals surface area contributed by atoms with E-state index in [0.717, 1.165) is 11.6 Å². The van der Waals surface area contributed by atoms with Gasteiger partial charge in [-0.3, -0.25) is 14.4 Å². The Morgan fingerprint density at radius 2 is 1.82 bits per heavy atom. The van der Waals surface area contributed by atoms with Gasteiger partial charge in [-0.25, -0.2) is 13.6 Å². The van der Waals surface area contributed by atoms with Crippen molar-refractivity contribution in [3.63, 3.8) is 0 Å². The fourth-order valence-electron chi connectivity index (χ4n) is 2.93. The Bertz CT molecular complexity index is 1130. The Labute approximate surface area is 160 Å². The Hall–Kier alpha value is -3.30. The molecule has 1 aliphatic carbocycles. The molecule has 0 aromatic heterocycles. The maximum absolute atomic E-state index is 12.7. The Morgan fingerprint density at radius 1 is 1.11 bits per heavy atom. The highest BCUT2D eigenvalue weighted by atomic mass is 32.2. The van der Waals surface area contributed by atoms with Gasteiger partial charge in [0.25, 0.3) is 0 Å². The van der Waals surface area contributed by atoms with Crippen molar-refractivity contribution in [3.05, 3.63) is 70.9 Å². The molecule has 2 aromatic carbocycles. The average Bonchev–Trinajstić information content (AvgIpc) is 2.63. The number of nitrogens with two attached hydrogens (primary N) is 1. The van der Waals surface area contributed by atoms with E-state index < -0.39 is 32.5 Å². The summed E-state index contributed by atoms with van der Waals surface area (Å²) in [7, 11) is -4.17. The monoisotopic (exact) mass is 400 g/mol. The van der Waals surface area contributed by atoms with E-state index in [1.165, 1.54) is 18.2 Å². The number of carboxylic acid groups (broad SMARTS) is 1. The number of aliphatic carboxylic acids is 1. The van der Waals surface area contributed by atoms with Crippen molar-refractivity contribution in [1.82, 2.24) is 0 Å². The minimum absolute atomic E-state index is 0.0144. The number of nitrogens with one attached hydrogen (secondary N) is 1. The highest BCUT2D eigenvalue weighted by molar-refractivity contribution is 7.89. The average molecular weight is 400 g/mol. The second kappa shape index (κ2) is 7.37. The van der Waals surface area contributed by atoms with Gasteiger partial charge >= 0.3 is 5.97 Å². The second-order valence-corrected chi connectivity index (χ2v) is 7.72. The largest absolute Gasteiger partial charge is 0.481 e. The van der Waals surface area contributed by atoms with Crippen molar-refractivity contribution in [2.45, 2.75) is 17.7 Å². The number of rotatable bonds is 6. The number of hydrogen-bond acceptors (Lipinski definition) is 6. The molecule has 8 nitrogen and oxygen atoms in total. The first-order valence-corrected chi connectivity index (χ1v) is 9.76. The second-order valence-electron chi connectivity index (χ2n) is 6.19. The van der Waals surface area contributed by atoms with Crippen molar-refractivity contribution in [2.24, 2.45) is 5.14 Å². The number of fused-ring (bicyclic) bond motifs is 1. The molecule has 0 saturated carbocycles. The molecule has 4 N–H and O–H groups in total. The van der Waals surface area contributed by atoms with Crippen LogP contribution in [0.2, 0.25) is 0 Å². The van der Waals surface area contributed by atoms with Crippen molar-refractivity contribution >= 4 is 33.2 Å². The summed E-state index contributed by atoms with van der Waals surface area (Å²) in [6.07, 6.45) is 1.31. The Kier molecular flexibility index (Phi) is 5.12. The Balaban J connectivity index is 1.92. The number of aryl methyl sites for hydroxylation is 1. The topological polar surface area (TPSA) is 144 Å². The number of hydrogen-bond donors (Lipinski definition) is 3. The predicted octanol–water partition coefficient (Wildman–Crippen LogP) is 1.73. The molecule has 28 heavy (non-hydrogen) atoms. The summed E-state index contributed by atoms with van der Waals surface area (Å²) in [5.41, 5.74) is 0.944. The number of primary sulfonamides is 1. The molecule has 9 heteroatoms. The zero-order valence-corrected chi connectivity index (χ0v) is 15.3. The van der Waals surface area contributed by atoms with Crippen molar-refractivity contribution < 1.29 is 27.9 Å². The van der Waals surface area contributed by atoms with Gasteiger partial charge in [0.05, 0.1) is 16.2 Å². The highest BCUT2D eigenvalue weighted by Crippen LogP contribution is 2.27. The van der Waals surface area contributed by atoms with Crippen LogP contribution in [-0.2, 0) is 21.2 Å². The number of anilines is 1. The first kappa shape index (κ1) is 19.5. The van der Waals surface area contributed by atoms with Crippen LogP contribution in [-0.4, -0.2) is 31.1 Å². The van der Waals surface area contributed by atoms with Gasteiger partial charge in [0.15, 0.2) is 5.78 Å². The lowest BCUT2D eigenvalue weighted by atomic mass is 9.92. The summed E-state index contributed by atoms with van der Waals surface area (Å²) in [4.78, 5) is 35.6. The van der Waals surface area contributed by atoms with Gasteiger partial charge in [0, 0.05) is 23.7 Å². The summed E-state index contributed by atoms with van der Waals surface area (Å²) >= 11 is 0. The van der Waals surface area contributed by atoms with Gasteiger partial charge in [0.2, 0.25) is 15.8 Å². The van der Waals surface area contributed by atoms with E-state index in [-0.39, 0.29) is 23.2 Å². The van der Waals surface area contributed by atoms with Crippen molar-refractivity contribution in [3.8, 4) is 0 Å². The number of carbonyl (C=O) groups is 3. The molecule has 0 aliphatic heterocycles. The number of Topliss-reactive ketones (excluding diaryl/α,β-unsaturated/α-hetero) is 1. The smallest absolute Gasteiger partial charge is 0.303 e. The number of sulfonamides is 1. The predicted molar refractivity (Wildman–Crippen MR) is 101 cm³/mol. The van der Waals surface area contributed by atoms with Crippen LogP contribution < -0.4 is 10.5 Å². The van der Waals surface area contributed by atoms with E-state index in [4.69, 9.17) is 10.2 Å². The SMILES string of the molecule is NS(=O)(=O)c1cccc2c1C(=O)C=C(Nc1cccc(CCC(=O)O)c1)C2=O. The zero-order chi connectivity index (χ0) is 20.5. The number of carboxylic acids is 1. The third-order valence-electron chi connectivity index (χ3n) is 4.18. The molecule has 0 amide bonds. The van der Waals surface area contributed by atoms with Gasteiger partial charge in [-0.15, -0.1) is 0 Å². The van der Waals surface area contributed by atoms with Crippen LogP contribution in [0.15, 0.2) is 59.1 Å². The molecule has 0 bridgehead atoms. The molecule has 2 aromatic rings. The third kappa shape index (κ3) is 4.00. The summed E-state index contributed by atoms with van der Waals surface area (Å²) in [6.45, 7) is 0. The molecule has 0 unspecified atom stereocenters. The quantitative estimate of drug-likeness (QED) is 0.670. The molecule has 0 atom stereocenters. The van der Waals surface area contributed by atoms with E-state index in [0.29, 0.717) is 12.1 Å². The maximum atomic E-state index is 12.7. The summed E-state index contributed by atoms with van der Waals surface area (Å²) in [6, 6.07) is 10.7. The lowest BCUT2D eigenvalue weighted by Gasteiger charge is -2.18. The van der Waals surface area contributed by atoms with Crippen LogP contribution in [0.5, 0.6) is 0 Å². The molecule has 144 valence electrons. The zero-order valence-electron chi connectivity index (χ0n) is 14.5. The molecule has 0 saturated heterocycles. The molecular formula is C19H16N2O6S. The number of benzene rings is 2. The molecule has 3 rings (SSSR count). The maximum Gasteiger partial charge on any atom is 0.303 e. The van der Waals surface area contributed by atoms with Crippen LogP contribution in [0, 0.1) is 0 Å². The summed E-state index contributed by atoms with van der Waals surface area (Å²) < 4.78 is 23.4. The minimum atomic E-state index is -4.17. The molecule has 0 fully saturated rings. The van der Waals surface area contributed by atoms with Gasteiger partial charge < -0.3 is 10.4 Å². The van der Waals surface area contributed by atoms with E-state index in [1.807, 2.05) is 0 Å². The minimum Gasteiger partial charge on any atom is -0.481 e. The first-order valence-electron chi connectivity index (χ1n) is 8.21. The van der Waals surface area contributed by atoms with Crippen LogP contribution in [0.4, 0.5) is 5.69 Å². The number of carbonyl (C=O) groups excluding carboxylic acids is 2. The highest BCUT2D eigenvalue weighted by Gasteiger charge is 2.30. The van der Waals surface area contributed by atoms with Crippen LogP contribution in [0.25, 0.3) is 0 Å². The van der Waals surface area contributed by atoms with Gasteiger partial charge in [-0.1, -0.05) is 24.3 Å². The fraction of sp³-hybridized carbons (Fsp3) is 0.105. The third-order valence-corrected chi connectivity index (χ3v) is 5.13. The Morgan fingerprint density at radius 3 is 2.50 bits per heavy atom. The van der Waals surface area contributed by atoms with Crippen LogP contribution in [0.1, 0.15) is 32.7 Å². The number of ketones is 2. The molecule has 0 spiro atoms. The van der Waals surface area contributed by atoms with E-state index >= 15 is 0 Å². The van der Waals surface area contributed by atoms with Gasteiger partial charge in [-0.05, 0) is 30.2 Å². The standard InChI is InChI=1S/C19H16N2O6S/c20-28(26,27)16-6-2-5-13-18(16)15(22)10-14(19(13)25)21-12-4-1-3-11(9-12)7-8-17(23)24/h1-6,9-10,21H,7-8H2,(H,23,24)(H2,20,26,27). The van der Waals surface area contributed by atoms with E-state index in [2.05, 4.69) is 5.32 Å². The van der Waals surface area contributed by atoms with Crippen molar-refractivity contribution in [2.75, 3.05) is 5.32 Å². The molecule has 0 heterocycles. The van der Waals surface area contributed by atoms with Crippen LogP contribution >= 0.6 is 0 Å². The van der Waals surface area contributed by atoms with Gasteiger partial charge in [-0.2, -0.15) is 0 Å². The molecule has 0 radical (unpaired) electrons.